The Morgan fingerprint density at radius 1 is 1.39 bits per heavy atom. The normalized spacial score (nSPS) is 17.3. The highest BCUT2D eigenvalue weighted by Crippen LogP contribution is 2.37. The van der Waals surface area contributed by atoms with E-state index in [0.29, 0.717) is 5.92 Å². The summed E-state index contributed by atoms with van der Waals surface area (Å²) in [7, 11) is 0. The minimum atomic E-state index is -4.39. The van der Waals surface area contributed by atoms with Gasteiger partial charge in [0.25, 0.3) is 0 Å². The molecule has 18 heavy (non-hydrogen) atoms. The van der Waals surface area contributed by atoms with Crippen molar-refractivity contribution in [2.75, 3.05) is 5.32 Å². The van der Waals surface area contributed by atoms with Crippen LogP contribution < -0.4 is 5.32 Å². The molecule has 1 amide bonds. The fourth-order valence-electron chi connectivity index (χ4n) is 1.84. The molecule has 0 aliphatic heterocycles. The van der Waals surface area contributed by atoms with Gasteiger partial charge in [-0.1, -0.05) is 13.0 Å². The Kier molecular flexibility index (Phi) is 3.32. The smallest absolute Gasteiger partial charge is 0.326 e. The van der Waals surface area contributed by atoms with Crippen molar-refractivity contribution in [3.8, 4) is 0 Å². The van der Waals surface area contributed by atoms with Crippen LogP contribution in [-0.4, -0.2) is 5.91 Å². The van der Waals surface area contributed by atoms with E-state index in [1.165, 1.54) is 12.1 Å². The second-order valence-electron chi connectivity index (χ2n) is 4.69. The van der Waals surface area contributed by atoms with Crippen LogP contribution in [0.2, 0.25) is 0 Å². The van der Waals surface area contributed by atoms with E-state index < -0.39 is 11.7 Å². The summed E-state index contributed by atoms with van der Waals surface area (Å²) in [5.41, 5.74) is -0.554. The fourth-order valence-corrected chi connectivity index (χ4v) is 1.84. The van der Waals surface area contributed by atoms with Crippen LogP contribution in [0.15, 0.2) is 24.3 Å². The number of carbonyl (C=O) groups is 1. The van der Waals surface area contributed by atoms with Gasteiger partial charge in [-0.25, -0.2) is 0 Å². The fraction of sp³-hybridized carbons (Fsp3) is 0.462. The minimum absolute atomic E-state index is 0.139. The van der Waals surface area contributed by atoms with Gasteiger partial charge in [-0.05, 0) is 37.0 Å². The molecule has 0 spiro atoms. The molecule has 1 aromatic carbocycles. The molecule has 5 heteroatoms. The van der Waals surface area contributed by atoms with E-state index in [0.717, 1.165) is 25.0 Å². The monoisotopic (exact) mass is 257 g/mol. The molecule has 2 rings (SSSR count). The molecule has 1 unspecified atom stereocenters. The molecular formula is C13H14F3NO. The Hall–Kier alpha value is -1.52. The summed E-state index contributed by atoms with van der Waals surface area (Å²) in [5.74, 6) is 0.0344. The molecule has 1 N–H and O–H groups in total. The molecule has 1 saturated carbocycles. The zero-order valence-corrected chi connectivity index (χ0v) is 9.92. The van der Waals surface area contributed by atoms with Crippen molar-refractivity contribution in [1.82, 2.24) is 0 Å². The summed E-state index contributed by atoms with van der Waals surface area (Å²) >= 11 is 0. The molecule has 1 aliphatic rings. The number of benzene rings is 1. The predicted octanol–water partition coefficient (Wildman–Crippen LogP) is 3.69. The van der Waals surface area contributed by atoms with Crippen molar-refractivity contribution in [2.45, 2.75) is 25.9 Å². The molecule has 98 valence electrons. The number of carbonyl (C=O) groups excluding carboxylic acids is 1. The van der Waals surface area contributed by atoms with Crippen LogP contribution in [0.25, 0.3) is 0 Å². The number of amides is 1. The van der Waals surface area contributed by atoms with Crippen LogP contribution in [0.3, 0.4) is 0 Å². The first-order valence-corrected chi connectivity index (χ1v) is 5.86. The quantitative estimate of drug-likeness (QED) is 0.879. The third kappa shape index (κ3) is 3.03. The summed E-state index contributed by atoms with van der Waals surface area (Å²) in [5, 5.41) is 2.54. The first-order chi connectivity index (χ1) is 8.38. The number of alkyl halides is 3. The maximum Gasteiger partial charge on any atom is 0.416 e. The predicted molar refractivity (Wildman–Crippen MR) is 62.0 cm³/mol. The molecular weight excluding hydrogens is 243 g/mol. The van der Waals surface area contributed by atoms with Crippen LogP contribution in [0.1, 0.15) is 25.3 Å². The Bertz CT molecular complexity index is 452. The Morgan fingerprint density at radius 2 is 2.06 bits per heavy atom. The summed E-state index contributed by atoms with van der Waals surface area (Å²) in [6, 6.07) is 4.70. The lowest BCUT2D eigenvalue weighted by Gasteiger charge is -2.13. The van der Waals surface area contributed by atoms with E-state index >= 15 is 0 Å². The molecule has 1 aliphatic carbocycles. The molecule has 0 saturated heterocycles. The highest BCUT2D eigenvalue weighted by Gasteiger charge is 2.33. The number of rotatable bonds is 3. The van der Waals surface area contributed by atoms with Gasteiger partial charge in [-0.15, -0.1) is 0 Å². The highest BCUT2D eigenvalue weighted by molar-refractivity contribution is 5.92. The maximum atomic E-state index is 12.5. The van der Waals surface area contributed by atoms with E-state index in [-0.39, 0.29) is 17.5 Å². The summed E-state index contributed by atoms with van der Waals surface area (Å²) in [4.78, 5) is 11.8. The van der Waals surface area contributed by atoms with Gasteiger partial charge in [0.05, 0.1) is 5.56 Å². The molecule has 1 atom stereocenters. The first kappa shape index (κ1) is 12.9. The van der Waals surface area contributed by atoms with Gasteiger partial charge in [0, 0.05) is 11.6 Å². The largest absolute Gasteiger partial charge is 0.416 e. The lowest BCUT2D eigenvalue weighted by atomic mass is 10.1. The Morgan fingerprint density at radius 3 is 2.61 bits per heavy atom. The molecule has 2 nitrogen and oxygen atoms in total. The van der Waals surface area contributed by atoms with Crippen molar-refractivity contribution < 1.29 is 18.0 Å². The second-order valence-corrected chi connectivity index (χ2v) is 4.69. The lowest BCUT2D eigenvalue weighted by molar-refractivity contribution is -0.137. The van der Waals surface area contributed by atoms with Gasteiger partial charge < -0.3 is 5.32 Å². The van der Waals surface area contributed by atoms with Crippen LogP contribution >= 0.6 is 0 Å². The second kappa shape index (κ2) is 4.63. The zero-order valence-electron chi connectivity index (χ0n) is 9.92. The number of halogens is 3. The number of hydrogen-bond donors (Lipinski definition) is 1. The lowest BCUT2D eigenvalue weighted by Crippen LogP contribution is -2.22. The van der Waals surface area contributed by atoms with Crippen molar-refractivity contribution >= 4 is 11.6 Å². The molecule has 1 aromatic rings. The van der Waals surface area contributed by atoms with Gasteiger partial charge in [0.15, 0.2) is 0 Å². The van der Waals surface area contributed by atoms with Gasteiger partial charge in [0.2, 0.25) is 5.91 Å². The van der Waals surface area contributed by atoms with Gasteiger partial charge >= 0.3 is 6.18 Å². The Labute approximate surface area is 103 Å². The average Bonchev–Trinajstić information content (AvgIpc) is 3.11. The molecule has 0 bridgehead atoms. The minimum Gasteiger partial charge on any atom is -0.326 e. The molecule has 0 heterocycles. The van der Waals surface area contributed by atoms with Crippen molar-refractivity contribution in [3.05, 3.63) is 29.8 Å². The standard InChI is InChI=1S/C13H14F3NO/c1-8(9-5-6-9)12(18)17-11-4-2-3-10(7-11)13(14,15)16/h2-4,7-9H,5-6H2,1H3,(H,17,18). The van der Waals surface area contributed by atoms with Crippen molar-refractivity contribution in [2.24, 2.45) is 11.8 Å². The van der Waals surface area contributed by atoms with E-state index in [4.69, 9.17) is 0 Å². The van der Waals surface area contributed by atoms with E-state index in [2.05, 4.69) is 5.32 Å². The van der Waals surface area contributed by atoms with E-state index in [1.807, 2.05) is 0 Å². The van der Waals surface area contributed by atoms with Gasteiger partial charge in [0.1, 0.15) is 0 Å². The summed E-state index contributed by atoms with van der Waals surface area (Å²) in [6.07, 6.45) is -2.34. The highest BCUT2D eigenvalue weighted by atomic mass is 19.4. The third-order valence-corrected chi connectivity index (χ3v) is 3.20. The number of anilines is 1. The van der Waals surface area contributed by atoms with Gasteiger partial charge in [-0.2, -0.15) is 13.2 Å². The third-order valence-electron chi connectivity index (χ3n) is 3.20. The zero-order chi connectivity index (χ0) is 13.3. The molecule has 1 fully saturated rings. The van der Waals surface area contributed by atoms with Gasteiger partial charge in [-0.3, -0.25) is 4.79 Å². The summed E-state index contributed by atoms with van der Waals surface area (Å²) in [6.45, 7) is 1.81. The average molecular weight is 257 g/mol. The summed E-state index contributed by atoms with van der Waals surface area (Å²) < 4.78 is 37.5. The first-order valence-electron chi connectivity index (χ1n) is 5.86. The maximum absolute atomic E-state index is 12.5. The van der Waals surface area contributed by atoms with E-state index in [9.17, 15) is 18.0 Å². The van der Waals surface area contributed by atoms with Crippen LogP contribution in [-0.2, 0) is 11.0 Å². The Balaban J connectivity index is 2.07. The van der Waals surface area contributed by atoms with Crippen LogP contribution in [0.5, 0.6) is 0 Å². The van der Waals surface area contributed by atoms with Crippen LogP contribution in [0.4, 0.5) is 18.9 Å². The molecule has 0 aromatic heterocycles. The SMILES string of the molecule is CC(C(=O)Nc1cccc(C(F)(F)F)c1)C1CC1. The van der Waals surface area contributed by atoms with Crippen molar-refractivity contribution in [1.29, 1.82) is 0 Å². The molecule has 0 radical (unpaired) electrons. The van der Waals surface area contributed by atoms with Crippen molar-refractivity contribution in [3.63, 3.8) is 0 Å². The van der Waals surface area contributed by atoms with E-state index in [1.54, 1.807) is 6.92 Å². The topological polar surface area (TPSA) is 29.1 Å². The number of nitrogens with one attached hydrogen (secondary N) is 1. The number of hydrogen-bond acceptors (Lipinski definition) is 1. The van der Waals surface area contributed by atoms with Crippen LogP contribution in [0, 0.1) is 11.8 Å².